The summed E-state index contributed by atoms with van der Waals surface area (Å²) in [5, 5.41) is 17.0. The van der Waals surface area contributed by atoms with Crippen LogP contribution in [0.3, 0.4) is 0 Å². The van der Waals surface area contributed by atoms with Crippen LogP contribution in [0.1, 0.15) is 40.5 Å². The van der Waals surface area contributed by atoms with Gasteiger partial charge in [0.1, 0.15) is 0 Å². The van der Waals surface area contributed by atoms with E-state index in [2.05, 4.69) is 37.5 Å². The zero-order valence-electron chi connectivity index (χ0n) is 13.4. The van der Waals surface area contributed by atoms with Crippen LogP contribution in [-0.2, 0) is 21.7 Å². The zero-order chi connectivity index (χ0) is 14.2. The van der Waals surface area contributed by atoms with E-state index in [1.165, 1.54) is 0 Å². The molecule has 0 aliphatic heterocycles. The molecule has 0 saturated heterocycles. The van der Waals surface area contributed by atoms with Gasteiger partial charge < -0.3 is 20.0 Å². The van der Waals surface area contributed by atoms with Crippen LogP contribution in [0, 0.1) is 0 Å². The van der Waals surface area contributed by atoms with Crippen LogP contribution in [0.5, 0.6) is 0 Å². The molecule has 0 aliphatic carbocycles. The number of aliphatic hydroxyl groups is 2. The van der Waals surface area contributed by atoms with Gasteiger partial charge in [0.15, 0.2) is 0 Å². The van der Waals surface area contributed by atoms with Crippen molar-refractivity contribution >= 4 is 0 Å². The topological polar surface area (TPSA) is 46.9 Å². The molecule has 5 heteroatoms. The summed E-state index contributed by atoms with van der Waals surface area (Å²) in [6.07, 6.45) is 1.81. The molecule has 0 bridgehead atoms. The Hall–Kier alpha value is 0.554. The van der Waals surface area contributed by atoms with Crippen molar-refractivity contribution in [2.75, 3.05) is 52.5 Å². The predicted octanol–water partition coefficient (Wildman–Crippen LogP) is 1.42. The third-order valence-electron chi connectivity index (χ3n) is 3.05. The summed E-state index contributed by atoms with van der Waals surface area (Å²) in [4.78, 5) is 4.60. The molecule has 0 fully saturated rings. The Morgan fingerprint density at radius 3 is 1.05 bits per heavy atom. The zero-order valence-corrected chi connectivity index (χ0v) is 14.9. The third-order valence-corrected chi connectivity index (χ3v) is 3.05. The van der Waals surface area contributed by atoms with Crippen LogP contribution in [-0.4, -0.2) is 72.5 Å². The molecule has 0 atom stereocenters. The molecule has 0 amide bonds. The fraction of sp³-hybridized carbons (Fsp3) is 1.00. The predicted molar refractivity (Wildman–Crippen MR) is 79.0 cm³/mol. The third kappa shape index (κ3) is 18.6. The minimum absolute atomic E-state index is 0. The van der Waals surface area contributed by atoms with E-state index in [9.17, 15) is 0 Å². The van der Waals surface area contributed by atoms with Crippen LogP contribution in [0.15, 0.2) is 0 Å². The Kier molecular flexibility index (Phi) is 27.0. The minimum atomic E-state index is 0. The SMILES string of the molecule is CCN(CC)CCCO.CCN(CC)CCCO.[Ti]. The summed E-state index contributed by atoms with van der Waals surface area (Å²) < 4.78 is 0. The van der Waals surface area contributed by atoms with Gasteiger partial charge in [-0.05, 0) is 39.0 Å². The van der Waals surface area contributed by atoms with Crippen molar-refractivity contribution in [3.8, 4) is 0 Å². The first-order chi connectivity index (χ1) is 8.69. The molecule has 0 radical (unpaired) electrons. The molecule has 0 aromatic rings. The average molecular weight is 310 g/mol. The largest absolute Gasteiger partial charge is 0.396 e. The van der Waals surface area contributed by atoms with Crippen molar-refractivity contribution in [1.82, 2.24) is 9.80 Å². The van der Waals surface area contributed by atoms with Crippen LogP contribution in [0.4, 0.5) is 0 Å². The van der Waals surface area contributed by atoms with Gasteiger partial charge in [0.25, 0.3) is 0 Å². The monoisotopic (exact) mass is 310 g/mol. The maximum Gasteiger partial charge on any atom is 0.0443 e. The second-order valence-electron chi connectivity index (χ2n) is 4.21. The molecular formula is C14H34N2O2Ti. The van der Waals surface area contributed by atoms with Crippen LogP contribution in [0.2, 0.25) is 0 Å². The Balaban J connectivity index is -0.000000256. The summed E-state index contributed by atoms with van der Waals surface area (Å²) in [6, 6.07) is 0. The van der Waals surface area contributed by atoms with E-state index in [1.807, 2.05) is 0 Å². The van der Waals surface area contributed by atoms with Crippen molar-refractivity contribution in [2.45, 2.75) is 40.5 Å². The van der Waals surface area contributed by atoms with E-state index >= 15 is 0 Å². The van der Waals surface area contributed by atoms with E-state index in [1.54, 1.807) is 0 Å². The van der Waals surface area contributed by atoms with Crippen molar-refractivity contribution in [3.05, 3.63) is 0 Å². The second-order valence-corrected chi connectivity index (χ2v) is 4.21. The normalized spacial score (nSPS) is 10.1. The molecular weight excluding hydrogens is 276 g/mol. The molecule has 116 valence electrons. The standard InChI is InChI=1S/2C7H17NO.Ti/c2*1-3-8(4-2)6-5-7-9;/h2*9H,3-7H2,1-2H3;. The van der Waals surface area contributed by atoms with E-state index in [0.717, 1.165) is 52.1 Å². The average Bonchev–Trinajstić information content (AvgIpc) is 2.42. The molecule has 0 heterocycles. The van der Waals surface area contributed by atoms with E-state index in [-0.39, 0.29) is 21.7 Å². The molecule has 19 heavy (non-hydrogen) atoms. The van der Waals surface area contributed by atoms with Gasteiger partial charge in [-0.15, -0.1) is 0 Å². The molecule has 0 aliphatic rings. The summed E-state index contributed by atoms with van der Waals surface area (Å²) in [6.45, 7) is 15.6. The number of aliphatic hydroxyl groups excluding tert-OH is 2. The van der Waals surface area contributed by atoms with Gasteiger partial charge in [-0.3, -0.25) is 0 Å². The van der Waals surface area contributed by atoms with E-state index < -0.39 is 0 Å². The molecule has 0 spiro atoms. The molecule has 0 saturated carbocycles. The molecule has 0 rings (SSSR count). The van der Waals surface area contributed by atoms with Crippen LogP contribution in [0.25, 0.3) is 0 Å². The summed E-state index contributed by atoms with van der Waals surface area (Å²) >= 11 is 0. The summed E-state index contributed by atoms with van der Waals surface area (Å²) in [7, 11) is 0. The Morgan fingerprint density at radius 2 is 0.895 bits per heavy atom. The van der Waals surface area contributed by atoms with Gasteiger partial charge in [-0.2, -0.15) is 0 Å². The molecule has 2 N–H and O–H groups in total. The van der Waals surface area contributed by atoms with Crippen LogP contribution < -0.4 is 0 Å². The Labute approximate surface area is 135 Å². The maximum atomic E-state index is 8.48. The van der Waals surface area contributed by atoms with Crippen LogP contribution >= 0.6 is 0 Å². The van der Waals surface area contributed by atoms with Crippen molar-refractivity contribution in [2.24, 2.45) is 0 Å². The van der Waals surface area contributed by atoms with Gasteiger partial charge in [-0.1, -0.05) is 27.7 Å². The van der Waals surface area contributed by atoms with Crippen molar-refractivity contribution in [1.29, 1.82) is 0 Å². The fourth-order valence-corrected chi connectivity index (χ4v) is 1.67. The van der Waals surface area contributed by atoms with Gasteiger partial charge >= 0.3 is 0 Å². The van der Waals surface area contributed by atoms with E-state index in [4.69, 9.17) is 10.2 Å². The van der Waals surface area contributed by atoms with Crippen molar-refractivity contribution in [3.63, 3.8) is 0 Å². The van der Waals surface area contributed by atoms with E-state index in [0.29, 0.717) is 13.2 Å². The number of rotatable bonds is 10. The Bertz CT molecular complexity index is 127. The first kappa shape index (κ1) is 24.6. The van der Waals surface area contributed by atoms with Gasteiger partial charge in [0, 0.05) is 48.0 Å². The molecule has 4 nitrogen and oxygen atoms in total. The number of nitrogens with zero attached hydrogens (tertiary/aromatic N) is 2. The fourth-order valence-electron chi connectivity index (χ4n) is 1.67. The van der Waals surface area contributed by atoms with Gasteiger partial charge in [-0.25, -0.2) is 0 Å². The first-order valence-electron chi connectivity index (χ1n) is 7.36. The van der Waals surface area contributed by atoms with Gasteiger partial charge in [0.2, 0.25) is 0 Å². The molecule has 0 unspecified atom stereocenters. The molecule has 0 aromatic heterocycles. The summed E-state index contributed by atoms with van der Waals surface area (Å²) in [5.74, 6) is 0. The van der Waals surface area contributed by atoms with Crippen molar-refractivity contribution < 1.29 is 31.9 Å². The number of hydrogen-bond donors (Lipinski definition) is 2. The minimum Gasteiger partial charge on any atom is -0.396 e. The smallest absolute Gasteiger partial charge is 0.0443 e. The molecule has 0 aromatic carbocycles. The second kappa shape index (κ2) is 20.9. The number of hydrogen-bond acceptors (Lipinski definition) is 4. The summed E-state index contributed by atoms with van der Waals surface area (Å²) in [5.41, 5.74) is 0. The quantitative estimate of drug-likeness (QED) is 0.599. The van der Waals surface area contributed by atoms with Gasteiger partial charge in [0.05, 0.1) is 0 Å². The first-order valence-corrected chi connectivity index (χ1v) is 7.36. The Morgan fingerprint density at radius 1 is 0.632 bits per heavy atom. The maximum absolute atomic E-state index is 8.48.